The van der Waals surface area contributed by atoms with Crippen molar-refractivity contribution in [2.24, 2.45) is 5.73 Å². The van der Waals surface area contributed by atoms with Gasteiger partial charge in [-0.3, -0.25) is 0 Å². The molecule has 2 N–H and O–H groups in total. The molecule has 78 valence electrons. The predicted octanol–water partition coefficient (Wildman–Crippen LogP) is 2.37. The quantitative estimate of drug-likeness (QED) is 0.823. The number of hydrogen-bond donors (Lipinski definition) is 1. The Balaban J connectivity index is 2.90. The molecule has 1 heterocycles. The molecule has 0 bridgehead atoms. The van der Waals surface area contributed by atoms with E-state index in [0.29, 0.717) is 17.4 Å². The first-order chi connectivity index (χ1) is 6.42. The lowest BCUT2D eigenvalue weighted by atomic mass is 10.2. The maximum Gasteiger partial charge on any atom is 0.214 e. The van der Waals surface area contributed by atoms with Gasteiger partial charge in [-0.25, -0.2) is 4.98 Å². The molecule has 3 nitrogen and oxygen atoms in total. The first-order valence-electron chi connectivity index (χ1n) is 4.46. The van der Waals surface area contributed by atoms with Crippen LogP contribution in [0.5, 0.6) is 5.88 Å². The van der Waals surface area contributed by atoms with Crippen molar-refractivity contribution in [3.8, 4) is 5.88 Å². The molecule has 0 aliphatic carbocycles. The molecule has 0 aromatic carbocycles. The van der Waals surface area contributed by atoms with Gasteiger partial charge in [-0.15, -0.1) is 0 Å². The van der Waals surface area contributed by atoms with E-state index < -0.39 is 0 Å². The predicted molar refractivity (Wildman–Crippen MR) is 57.5 cm³/mol. The molecule has 0 unspecified atom stereocenters. The zero-order chi connectivity index (χ0) is 10.8. The highest BCUT2D eigenvalue weighted by Crippen LogP contribution is 2.21. The average molecular weight is 215 g/mol. The van der Waals surface area contributed by atoms with E-state index in [-0.39, 0.29) is 5.60 Å². The van der Waals surface area contributed by atoms with Crippen molar-refractivity contribution in [2.75, 3.05) is 0 Å². The molecule has 1 aromatic heterocycles. The molecule has 1 aromatic rings. The third-order valence-electron chi connectivity index (χ3n) is 1.54. The molecule has 0 radical (unpaired) electrons. The fraction of sp³-hybridized carbons (Fsp3) is 0.500. The lowest BCUT2D eigenvalue weighted by Gasteiger charge is -2.20. The van der Waals surface area contributed by atoms with E-state index in [4.69, 9.17) is 22.1 Å². The van der Waals surface area contributed by atoms with Crippen LogP contribution in [0.2, 0.25) is 5.02 Å². The van der Waals surface area contributed by atoms with Crippen LogP contribution >= 0.6 is 11.6 Å². The molecular weight excluding hydrogens is 200 g/mol. The number of nitrogens with two attached hydrogens (primary N) is 1. The van der Waals surface area contributed by atoms with Crippen LogP contribution in [0.4, 0.5) is 0 Å². The summed E-state index contributed by atoms with van der Waals surface area (Å²) < 4.78 is 5.57. The van der Waals surface area contributed by atoms with Gasteiger partial charge in [0.25, 0.3) is 0 Å². The largest absolute Gasteiger partial charge is 0.472 e. The monoisotopic (exact) mass is 214 g/mol. The molecule has 0 fully saturated rings. The molecule has 0 saturated heterocycles. The Hall–Kier alpha value is -0.800. The fourth-order valence-corrected chi connectivity index (χ4v) is 1.16. The van der Waals surface area contributed by atoms with Crippen molar-refractivity contribution >= 4 is 11.6 Å². The maximum absolute atomic E-state index is 5.87. The molecule has 1 rings (SSSR count). The van der Waals surface area contributed by atoms with Crippen LogP contribution in [-0.2, 0) is 6.54 Å². The third kappa shape index (κ3) is 3.16. The molecule has 14 heavy (non-hydrogen) atoms. The van der Waals surface area contributed by atoms with Crippen LogP contribution in [0.1, 0.15) is 26.3 Å². The van der Waals surface area contributed by atoms with Crippen molar-refractivity contribution in [3.63, 3.8) is 0 Å². The van der Waals surface area contributed by atoms with E-state index in [1.165, 1.54) is 0 Å². The van der Waals surface area contributed by atoms with Crippen LogP contribution in [0, 0.1) is 0 Å². The Morgan fingerprint density at radius 1 is 1.50 bits per heavy atom. The number of nitrogens with zero attached hydrogens (tertiary/aromatic N) is 1. The summed E-state index contributed by atoms with van der Waals surface area (Å²) >= 11 is 5.87. The molecular formula is C10H15ClN2O. The summed E-state index contributed by atoms with van der Waals surface area (Å²) in [4.78, 5) is 4.06. The van der Waals surface area contributed by atoms with Crippen molar-refractivity contribution < 1.29 is 4.74 Å². The van der Waals surface area contributed by atoms with E-state index in [1.807, 2.05) is 20.8 Å². The van der Waals surface area contributed by atoms with Gasteiger partial charge in [0.15, 0.2) is 0 Å². The minimum absolute atomic E-state index is 0.257. The van der Waals surface area contributed by atoms with Crippen molar-refractivity contribution in [1.29, 1.82) is 0 Å². The first-order valence-corrected chi connectivity index (χ1v) is 4.83. The SMILES string of the molecule is CC(C)(C)Oc1cc(CN)c(Cl)cn1. The Kier molecular flexibility index (Phi) is 3.34. The van der Waals surface area contributed by atoms with Crippen LogP contribution in [0.25, 0.3) is 0 Å². The zero-order valence-corrected chi connectivity index (χ0v) is 9.43. The second-order valence-corrected chi connectivity index (χ2v) is 4.44. The number of pyridine rings is 1. The number of ether oxygens (including phenoxy) is 1. The van der Waals surface area contributed by atoms with Gasteiger partial charge < -0.3 is 10.5 Å². The second-order valence-electron chi connectivity index (χ2n) is 4.03. The minimum Gasteiger partial charge on any atom is -0.472 e. The first kappa shape index (κ1) is 11.3. The third-order valence-corrected chi connectivity index (χ3v) is 1.88. The number of hydrogen-bond acceptors (Lipinski definition) is 3. The summed E-state index contributed by atoms with van der Waals surface area (Å²) in [7, 11) is 0. The van der Waals surface area contributed by atoms with Crippen LogP contribution in [-0.4, -0.2) is 10.6 Å². The van der Waals surface area contributed by atoms with E-state index >= 15 is 0 Å². The van der Waals surface area contributed by atoms with Crippen LogP contribution in [0.3, 0.4) is 0 Å². The number of aromatic nitrogens is 1. The van der Waals surface area contributed by atoms with Gasteiger partial charge in [0, 0.05) is 18.8 Å². The van der Waals surface area contributed by atoms with Crippen molar-refractivity contribution in [1.82, 2.24) is 4.98 Å². The van der Waals surface area contributed by atoms with Gasteiger partial charge in [-0.1, -0.05) is 11.6 Å². The summed E-state index contributed by atoms with van der Waals surface area (Å²) in [6, 6.07) is 1.77. The Labute approximate surface area is 89.2 Å². The second kappa shape index (κ2) is 4.15. The smallest absolute Gasteiger partial charge is 0.214 e. The molecule has 4 heteroatoms. The summed E-state index contributed by atoms with van der Waals surface area (Å²) in [5.41, 5.74) is 6.11. The topological polar surface area (TPSA) is 48.1 Å². The summed E-state index contributed by atoms with van der Waals surface area (Å²) in [5, 5.41) is 0.578. The van der Waals surface area contributed by atoms with Gasteiger partial charge >= 0.3 is 0 Å². The van der Waals surface area contributed by atoms with Gasteiger partial charge in [-0.2, -0.15) is 0 Å². The fourth-order valence-electron chi connectivity index (χ4n) is 0.984. The molecule has 0 aliphatic heterocycles. The Bertz CT molecular complexity index is 320. The van der Waals surface area contributed by atoms with Gasteiger partial charge in [0.05, 0.1) is 5.02 Å². The normalized spacial score (nSPS) is 11.5. The molecule has 0 atom stereocenters. The average Bonchev–Trinajstić information content (AvgIpc) is 2.06. The summed E-state index contributed by atoms with van der Waals surface area (Å²) in [5.74, 6) is 0.558. The highest BCUT2D eigenvalue weighted by atomic mass is 35.5. The number of rotatable bonds is 2. The Morgan fingerprint density at radius 2 is 2.14 bits per heavy atom. The van der Waals surface area contributed by atoms with E-state index in [1.54, 1.807) is 12.3 Å². The van der Waals surface area contributed by atoms with E-state index in [2.05, 4.69) is 4.98 Å². The summed E-state index contributed by atoms with van der Waals surface area (Å²) in [6.45, 7) is 6.28. The lowest BCUT2D eigenvalue weighted by molar-refractivity contribution is 0.124. The van der Waals surface area contributed by atoms with Gasteiger partial charge in [0.2, 0.25) is 5.88 Å². The summed E-state index contributed by atoms with van der Waals surface area (Å²) in [6.07, 6.45) is 1.56. The van der Waals surface area contributed by atoms with Gasteiger partial charge in [-0.05, 0) is 26.3 Å². The van der Waals surface area contributed by atoms with Gasteiger partial charge in [0.1, 0.15) is 5.60 Å². The van der Waals surface area contributed by atoms with E-state index in [9.17, 15) is 0 Å². The maximum atomic E-state index is 5.87. The number of halogens is 1. The molecule has 0 amide bonds. The highest BCUT2D eigenvalue weighted by molar-refractivity contribution is 6.31. The van der Waals surface area contributed by atoms with Crippen molar-refractivity contribution in [2.45, 2.75) is 32.9 Å². The van der Waals surface area contributed by atoms with E-state index in [0.717, 1.165) is 5.56 Å². The van der Waals surface area contributed by atoms with Crippen LogP contribution in [0.15, 0.2) is 12.3 Å². The molecule has 0 spiro atoms. The van der Waals surface area contributed by atoms with Crippen molar-refractivity contribution in [3.05, 3.63) is 22.8 Å². The molecule has 0 saturated carbocycles. The van der Waals surface area contributed by atoms with Crippen LogP contribution < -0.4 is 10.5 Å². The lowest BCUT2D eigenvalue weighted by Crippen LogP contribution is -2.23. The highest BCUT2D eigenvalue weighted by Gasteiger charge is 2.13. The Morgan fingerprint density at radius 3 is 2.64 bits per heavy atom. The zero-order valence-electron chi connectivity index (χ0n) is 8.67. The molecule has 0 aliphatic rings. The standard InChI is InChI=1S/C10H15ClN2O/c1-10(2,3)14-9-4-7(5-12)8(11)6-13-9/h4,6H,5,12H2,1-3H3. The minimum atomic E-state index is -0.257.